The van der Waals surface area contributed by atoms with E-state index in [0.29, 0.717) is 11.1 Å². The summed E-state index contributed by atoms with van der Waals surface area (Å²) in [7, 11) is 0. The van der Waals surface area contributed by atoms with Crippen LogP contribution in [0, 0.1) is 5.82 Å². The number of hydrogen-bond donors (Lipinski definition) is 3. The highest BCUT2D eigenvalue weighted by molar-refractivity contribution is 7.63. The Morgan fingerprint density at radius 3 is 2.78 bits per heavy atom. The van der Waals surface area contributed by atoms with Crippen molar-refractivity contribution >= 4 is 17.8 Å². The molecule has 7 heteroatoms. The standard InChI is InChI=1S/C11H12FNO4S/c12-8-1-2-9(7(3-8)4-10(14)15)11(13-18-16)5-17-6-11/h1-3,18H,4-6H2,(H,13,16)(H,14,15). The second-order valence-corrected chi connectivity index (χ2v) is 4.56. The zero-order valence-corrected chi connectivity index (χ0v) is 10.2. The van der Waals surface area contributed by atoms with E-state index in [0.717, 1.165) is 0 Å². The number of carbonyl (C=O) groups is 1. The van der Waals surface area contributed by atoms with Crippen LogP contribution in [0.2, 0.25) is 0 Å². The van der Waals surface area contributed by atoms with Gasteiger partial charge in [-0.2, -0.15) is 0 Å². The summed E-state index contributed by atoms with van der Waals surface area (Å²) in [6, 6.07) is 3.95. The summed E-state index contributed by atoms with van der Waals surface area (Å²) in [6.45, 7) is 0.557. The Morgan fingerprint density at radius 1 is 1.56 bits per heavy atom. The van der Waals surface area contributed by atoms with E-state index in [-0.39, 0.29) is 31.5 Å². The number of rotatable bonds is 5. The van der Waals surface area contributed by atoms with Crippen LogP contribution in [0.15, 0.2) is 18.2 Å². The van der Waals surface area contributed by atoms with Crippen molar-refractivity contribution in [1.82, 2.24) is 4.72 Å². The quantitative estimate of drug-likeness (QED) is 0.667. The molecule has 1 aromatic carbocycles. The molecule has 18 heavy (non-hydrogen) atoms. The first-order chi connectivity index (χ1) is 8.57. The number of aliphatic carboxylic acids is 1. The molecule has 0 amide bonds. The monoisotopic (exact) mass is 273 g/mol. The van der Waals surface area contributed by atoms with Gasteiger partial charge >= 0.3 is 5.97 Å². The van der Waals surface area contributed by atoms with E-state index in [1.807, 2.05) is 0 Å². The van der Waals surface area contributed by atoms with Crippen LogP contribution in [0.4, 0.5) is 4.39 Å². The summed E-state index contributed by atoms with van der Waals surface area (Å²) in [5.41, 5.74) is 0.282. The molecule has 0 spiro atoms. The summed E-state index contributed by atoms with van der Waals surface area (Å²) < 4.78 is 31.7. The second kappa shape index (κ2) is 5.13. The van der Waals surface area contributed by atoms with Gasteiger partial charge in [-0.15, -0.1) is 0 Å². The molecular formula is C11H12FNO4S. The lowest BCUT2D eigenvalue weighted by molar-refractivity contribution is -0.136. The van der Waals surface area contributed by atoms with E-state index >= 15 is 0 Å². The van der Waals surface area contributed by atoms with Gasteiger partial charge in [-0.3, -0.25) is 4.79 Å². The Labute approximate surface area is 107 Å². The Balaban J connectivity index is 2.42. The van der Waals surface area contributed by atoms with Crippen LogP contribution in [0.25, 0.3) is 0 Å². The summed E-state index contributed by atoms with van der Waals surface area (Å²) in [5.74, 6) is -1.54. The first-order valence-corrected chi connectivity index (χ1v) is 6.06. The summed E-state index contributed by atoms with van der Waals surface area (Å²) in [5, 5.41) is 8.83. The van der Waals surface area contributed by atoms with Gasteiger partial charge in [-0.1, -0.05) is 6.07 Å². The number of nitrogens with one attached hydrogen (secondary N) is 1. The van der Waals surface area contributed by atoms with Crippen molar-refractivity contribution in [2.24, 2.45) is 0 Å². The Hall–Kier alpha value is -1.31. The van der Waals surface area contributed by atoms with Crippen molar-refractivity contribution in [2.45, 2.75) is 12.0 Å². The third-order valence-electron chi connectivity index (χ3n) is 2.88. The van der Waals surface area contributed by atoms with E-state index in [9.17, 15) is 13.4 Å². The SMILES string of the molecule is O=[SH]NC1(c2ccc(F)cc2CC(=O)O)COC1. The van der Waals surface area contributed by atoms with Crippen molar-refractivity contribution in [1.29, 1.82) is 0 Å². The maximum Gasteiger partial charge on any atom is 0.307 e. The van der Waals surface area contributed by atoms with E-state index < -0.39 is 17.3 Å². The van der Waals surface area contributed by atoms with Gasteiger partial charge in [0.1, 0.15) is 11.4 Å². The summed E-state index contributed by atoms with van der Waals surface area (Å²) in [4.78, 5) is 10.8. The van der Waals surface area contributed by atoms with E-state index in [1.54, 1.807) is 0 Å². The van der Waals surface area contributed by atoms with Crippen LogP contribution in [0.5, 0.6) is 0 Å². The fraction of sp³-hybridized carbons (Fsp3) is 0.364. The molecule has 0 unspecified atom stereocenters. The Bertz CT molecular complexity index is 490. The van der Waals surface area contributed by atoms with Gasteiger partial charge in [-0.05, 0) is 23.3 Å². The van der Waals surface area contributed by atoms with E-state index in [2.05, 4.69) is 4.72 Å². The zero-order chi connectivity index (χ0) is 13.2. The fourth-order valence-electron chi connectivity index (χ4n) is 2.01. The minimum atomic E-state index is -1.04. The lowest BCUT2D eigenvalue weighted by atomic mass is 9.84. The molecule has 0 atom stereocenters. The van der Waals surface area contributed by atoms with Gasteiger partial charge in [0.25, 0.3) is 0 Å². The molecule has 0 radical (unpaired) electrons. The molecular weight excluding hydrogens is 261 g/mol. The molecule has 98 valence electrons. The molecule has 2 N–H and O–H groups in total. The number of thiol groups is 1. The molecule has 1 aliphatic rings. The number of carboxylic acid groups (broad SMARTS) is 1. The van der Waals surface area contributed by atoms with Crippen LogP contribution in [0.1, 0.15) is 11.1 Å². The number of ether oxygens (including phenoxy) is 1. The number of hydrogen-bond acceptors (Lipinski definition) is 3. The van der Waals surface area contributed by atoms with Crippen molar-refractivity contribution in [3.05, 3.63) is 35.1 Å². The Kier molecular flexibility index (Phi) is 3.74. The lowest BCUT2D eigenvalue weighted by Crippen LogP contribution is -2.56. The second-order valence-electron chi connectivity index (χ2n) is 4.15. The first kappa shape index (κ1) is 13.1. The van der Waals surface area contributed by atoms with Gasteiger partial charge in [0.05, 0.1) is 31.5 Å². The van der Waals surface area contributed by atoms with Crippen molar-refractivity contribution in [3.63, 3.8) is 0 Å². The van der Waals surface area contributed by atoms with Gasteiger partial charge < -0.3 is 9.84 Å². The topological polar surface area (TPSA) is 75.6 Å². The highest BCUT2D eigenvalue weighted by Crippen LogP contribution is 2.32. The predicted molar refractivity (Wildman–Crippen MR) is 62.9 cm³/mol. The van der Waals surface area contributed by atoms with Crippen molar-refractivity contribution in [3.8, 4) is 0 Å². The molecule has 1 heterocycles. The Morgan fingerprint density at radius 2 is 2.28 bits per heavy atom. The molecule has 2 rings (SSSR count). The molecule has 0 saturated carbocycles. The zero-order valence-electron chi connectivity index (χ0n) is 9.35. The minimum Gasteiger partial charge on any atom is -0.481 e. The smallest absolute Gasteiger partial charge is 0.307 e. The van der Waals surface area contributed by atoms with Crippen LogP contribution in [-0.2, 0) is 33.3 Å². The number of halogens is 1. The molecule has 1 saturated heterocycles. The van der Waals surface area contributed by atoms with Crippen molar-refractivity contribution < 1.29 is 23.2 Å². The van der Waals surface area contributed by atoms with E-state index in [1.165, 1.54) is 18.2 Å². The molecule has 0 aliphatic carbocycles. The molecule has 0 aromatic heterocycles. The molecule has 0 bridgehead atoms. The largest absolute Gasteiger partial charge is 0.481 e. The van der Waals surface area contributed by atoms with Gasteiger partial charge in [0.2, 0.25) is 0 Å². The highest BCUT2D eigenvalue weighted by atomic mass is 32.2. The van der Waals surface area contributed by atoms with Gasteiger partial charge in [0.15, 0.2) is 0 Å². The fourth-order valence-corrected chi connectivity index (χ4v) is 2.44. The van der Waals surface area contributed by atoms with Gasteiger partial charge in [0, 0.05) is 0 Å². The molecule has 1 aliphatic heterocycles. The van der Waals surface area contributed by atoms with Crippen molar-refractivity contribution in [2.75, 3.05) is 13.2 Å². The third-order valence-corrected chi connectivity index (χ3v) is 3.40. The van der Waals surface area contributed by atoms with Crippen LogP contribution >= 0.6 is 0 Å². The normalized spacial score (nSPS) is 17.2. The summed E-state index contributed by atoms with van der Waals surface area (Å²) in [6.07, 6.45) is -0.285. The third kappa shape index (κ3) is 2.43. The van der Waals surface area contributed by atoms with E-state index in [4.69, 9.17) is 9.84 Å². The maximum atomic E-state index is 13.2. The first-order valence-electron chi connectivity index (χ1n) is 5.25. The van der Waals surface area contributed by atoms with Crippen LogP contribution < -0.4 is 4.72 Å². The average molecular weight is 273 g/mol. The molecule has 5 nitrogen and oxygen atoms in total. The van der Waals surface area contributed by atoms with Crippen LogP contribution in [0.3, 0.4) is 0 Å². The minimum absolute atomic E-state index is 0.275. The summed E-state index contributed by atoms with van der Waals surface area (Å²) >= 11 is -0.275. The number of benzene rings is 1. The van der Waals surface area contributed by atoms with Crippen LogP contribution in [-0.4, -0.2) is 28.5 Å². The van der Waals surface area contributed by atoms with Gasteiger partial charge in [-0.25, -0.2) is 13.3 Å². The predicted octanol–water partition coefficient (Wildman–Crippen LogP) is 0.128. The molecule has 1 aromatic rings. The molecule has 1 fully saturated rings. The number of carboxylic acids is 1. The maximum absolute atomic E-state index is 13.2. The lowest BCUT2D eigenvalue weighted by Gasteiger charge is -2.41. The average Bonchev–Trinajstić information content (AvgIpc) is 2.23. The highest BCUT2D eigenvalue weighted by Gasteiger charge is 2.41.